The van der Waals surface area contributed by atoms with E-state index < -0.39 is 17.9 Å². The molecule has 0 saturated carbocycles. The number of esters is 1. The second-order valence-electron chi connectivity index (χ2n) is 11.5. The van der Waals surface area contributed by atoms with Crippen LogP contribution in [-0.4, -0.2) is 53.8 Å². The van der Waals surface area contributed by atoms with Crippen molar-refractivity contribution in [1.29, 1.82) is 0 Å². The van der Waals surface area contributed by atoms with Crippen LogP contribution in [0.5, 0.6) is 0 Å². The zero-order valence-corrected chi connectivity index (χ0v) is 22.1. The van der Waals surface area contributed by atoms with Crippen LogP contribution in [0.25, 0.3) is 0 Å². The third-order valence-corrected chi connectivity index (χ3v) is 7.37. The molecule has 1 N–H and O–H groups in total. The van der Waals surface area contributed by atoms with Gasteiger partial charge in [-0.2, -0.15) is 0 Å². The molecule has 1 aliphatic heterocycles. The number of hydrogen-bond acceptors (Lipinski definition) is 5. The molecule has 1 saturated heterocycles. The van der Waals surface area contributed by atoms with E-state index in [2.05, 4.69) is 51.8 Å². The molecule has 6 heteroatoms. The number of likely N-dealkylation sites (tertiary alicyclic amines) is 1. The van der Waals surface area contributed by atoms with Crippen molar-refractivity contribution in [3.05, 3.63) is 35.9 Å². The van der Waals surface area contributed by atoms with Crippen molar-refractivity contribution in [2.45, 2.75) is 98.8 Å². The summed E-state index contributed by atoms with van der Waals surface area (Å²) < 4.78 is 5.56. The highest BCUT2D eigenvalue weighted by molar-refractivity contribution is 6.40. The van der Waals surface area contributed by atoms with Crippen molar-refractivity contribution in [1.82, 2.24) is 10.2 Å². The van der Waals surface area contributed by atoms with Crippen molar-refractivity contribution < 1.29 is 20.5 Å². The fourth-order valence-electron chi connectivity index (χ4n) is 5.09. The van der Waals surface area contributed by atoms with Gasteiger partial charge in [0.05, 0.1) is 6.54 Å². The van der Waals surface area contributed by atoms with Gasteiger partial charge in [-0.05, 0) is 51.9 Å². The molecule has 6 nitrogen and oxygen atoms in total. The van der Waals surface area contributed by atoms with Gasteiger partial charge in [0, 0.05) is 31.0 Å². The van der Waals surface area contributed by atoms with Crippen LogP contribution in [-0.2, 0) is 14.3 Å². The number of nitrogens with one attached hydrogen (secondary N) is 1. The minimum absolute atomic E-state index is 0. The third kappa shape index (κ3) is 8.23. The molecule has 3 unspecified atom stereocenters. The van der Waals surface area contributed by atoms with Gasteiger partial charge in [0.1, 0.15) is 6.10 Å². The first-order valence-electron chi connectivity index (χ1n) is 12.7. The lowest BCUT2D eigenvalue weighted by atomic mass is 9.71. The first-order chi connectivity index (χ1) is 15.8. The number of carbonyl (C=O) groups excluding carboxylic acids is 3. The summed E-state index contributed by atoms with van der Waals surface area (Å²) in [6.07, 6.45) is 4.71. The highest BCUT2D eigenvalue weighted by atomic mass is 16.5. The Morgan fingerprint density at radius 2 is 1.68 bits per heavy atom. The molecule has 34 heavy (non-hydrogen) atoms. The van der Waals surface area contributed by atoms with Gasteiger partial charge in [-0.25, -0.2) is 4.79 Å². The van der Waals surface area contributed by atoms with Crippen molar-refractivity contribution in [2.75, 3.05) is 13.1 Å². The standard InChI is InChI=1S/C28H44N2O4.H2/c1-20-12-11-13-21(2)30(20)18-24(31)29-17-16-27(4,5)19-28(6,7)22(3)34-26(33)25(32)23-14-9-8-10-15-23;/h8-10,14-15,20-22H,11-13,16-19H2,1-7H3,(H,29,31);1H. The van der Waals surface area contributed by atoms with Gasteiger partial charge in [0.25, 0.3) is 5.78 Å². The first kappa shape index (κ1) is 28.0. The molecule has 0 aromatic heterocycles. The van der Waals surface area contributed by atoms with Crippen LogP contribution in [0.15, 0.2) is 30.3 Å². The molecule has 1 aromatic rings. The molecule has 0 aliphatic carbocycles. The van der Waals surface area contributed by atoms with E-state index >= 15 is 0 Å². The maximum Gasteiger partial charge on any atom is 0.379 e. The zero-order chi connectivity index (χ0) is 25.5. The zero-order valence-electron chi connectivity index (χ0n) is 22.1. The molecular weight excluding hydrogens is 428 g/mol. The van der Waals surface area contributed by atoms with E-state index in [0.717, 1.165) is 25.7 Å². The normalized spacial score (nSPS) is 20.4. The third-order valence-electron chi connectivity index (χ3n) is 7.37. The maximum absolute atomic E-state index is 12.5. The second-order valence-corrected chi connectivity index (χ2v) is 11.5. The summed E-state index contributed by atoms with van der Waals surface area (Å²) in [5, 5.41) is 3.10. The van der Waals surface area contributed by atoms with E-state index in [0.29, 0.717) is 30.7 Å². The molecule has 0 spiro atoms. The Bertz CT molecular complexity index is 831. The molecule has 1 aliphatic rings. The summed E-state index contributed by atoms with van der Waals surface area (Å²) in [5.41, 5.74) is -0.0762. The fraction of sp³-hybridized carbons (Fsp3) is 0.679. The molecular formula is C28H46N2O4. The van der Waals surface area contributed by atoms with Gasteiger partial charge in [-0.3, -0.25) is 14.5 Å². The maximum atomic E-state index is 12.5. The molecule has 0 bridgehead atoms. The predicted octanol–water partition coefficient (Wildman–Crippen LogP) is 5.26. The lowest BCUT2D eigenvalue weighted by Gasteiger charge is -2.39. The van der Waals surface area contributed by atoms with Gasteiger partial charge in [0.15, 0.2) is 0 Å². The number of nitrogens with zero attached hydrogens (tertiary/aromatic N) is 1. The van der Waals surface area contributed by atoms with Gasteiger partial charge < -0.3 is 10.1 Å². The van der Waals surface area contributed by atoms with Crippen LogP contribution in [0.3, 0.4) is 0 Å². The molecule has 3 atom stereocenters. The number of hydrogen-bond donors (Lipinski definition) is 1. The van der Waals surface area contributed by atoms with Gasteiger partial charge in [-0.15, -0.1) is 0 Å². The smallest absolute Gasteiger partial charge is 0.379 e. The summed E-state index contributed by atoms with van der Waals surface area (Å²) in [6.45, 7) is 15.8. The Labute approximate surface area is 207 Å². The molecule has 2 rings (SSSR count). The highest BCUT2D eigenvalue weighted by Crippen LogP contribution is 2.39. The molecule has 1 fully saturated rings. The minimum Gasteiger partial charge on any atom is -0.456 e. The lowest BCUT2D eigenvalue weighted by molar-refractivity contribution is -0.149. The number of piperidine rings is 1. The van der Waals surface area contributed by atoms with E-state index in [1.807, 2.05) is 6.92 Å². The number of rotatable bonds is 11. The number of ether oxygens (including phenoxy) is 1. The summed E-state index contributed by atoms with van der Waals surface area (Å²) in [5.74, 6) is -1.36. The SMILES string of the molecule is CC1CCCC(C)N1CC(=O)NCCC(C)(C)CC(C)(C)C(C)OC(=O)C(=O)c1ccccc1.[HH]. The highest BCUT2D eigenvalue weighted by Gasteiger charge is 2.36. The number of ketones is 1. The number of benzene rings is 1. The van der Waals surface area contributed by atoms with Gasteiger partial charge >= 0.3 is 5.97 Å². The summed E-state index contributed by atoms with van der Waals surface area (Å²) in [7, 11) is 0. The fourth-order valence-corrected chi connectivity index (χ4v) is 5.09. The van der Waals surface area contributed by atoms with Crippen molar-refractivity contribution in [3.8, 4) is 0 Å². The van der Waals surface area contributed by atoms with Crippen molar-refractivity contribution in [3.63, 3.8) is 0 Å². The van der Waals surface area contributed by atoms with Crippen LogP contribution in [0.4, 0.5) is 0 Å². The van der Waals surface area contributed by atoms with E-state index in [1.54, 1.807) is 30.3 Å². The Kier molecular flexibility index (Phi) is 9.86. The average Bonchev–Trinajstić information content (AvgIpc) is 2.75. The Morgan fingerprint density at radius 1 is 1.09 bits per heavy atom. The number of Topliss-reactive ketones (excluding diaryl/α,β-unsaturated/α-hetero) is 1. The molecule has 1 aromatic carbocycles. The van der Waals surface area contributed by atoms with E-state index in [9.17, 15) is 14.4 Å². The van der Waals surface area contributed by atoms with Gasteiger partial charge in [0.2, 0.25) is 5.91 Å². The Morgan fingerprint density at radius 3 is 2.26 bits per heavy atom. The average molecular weight is 475 g/mol. The molecule has 0 radical (unpaired) electrons. The lowest BCUT2D eigenvalue weighted by Crippen LogP contribution is -2.49. The summed E-state index contributed by atoms with van der Waals surface area (Å²) in [6, 6.07) is 9.38. The summed E-state index contributed by atoms with van der Waals surface area (Å²) >= 11 is 0. The number of amides is 1. The van der Waals surface area contributed by atoms with Crippen LogP contribution in [0.2, 0.25) is 0 Å². The van der Waals surface area contributed by atoms with Crippen molar-refractivity contribution >= 4 is 17.7 Å². The largest absolute Gasteiger partial charge is 0.456 e. The van der Waals surface area contributed by atoms with Gasteiger partial charge in [-0.1, -0.05) is 64.4 Å². The first-order valence-corrected chi connectivity index (χ1v) is 12.7. The monoisotopic (exact) mass is 474 g/mol. The Balaban J connectivity index is 0.00000612. The van der Waals surface area contributed by atoms with E-state index in [1.165, 1.54) is 6.42 Å². The second kappa shape index (κ2) is 12.0. The van der Waals surface area contributed by atoms with E-state index in [-0.39, 0.29) is 18.2 Å². The molecule has 192 valence electrons. The Hall–Kier alpha value is -2.21. The molecule has 1 heterocycles. The van der Waals surface area contributed by atoms with E-state index in [4.69, 9.17) is 4.74 Å². The van der Waals surface area contributed by atoms with Crippen LogP contribution in [0.1, 0.15) is 92.4 Å². The van der Waals surface area contributed by atoms with Crippen LogP contribution >= 0.6 is 0 Å². The van der Waals surface area contributed by atoms with Crippen LogP contribution < -0.4 is 5.32 Å². The topological polar surface area (TPSA) is 75.7 Å². The minimum atomic E-state index is -0.821. The van der Waals surface area contributed by atoms with Crippen LogP contribution in [0, 0.1) is 10.8 Å². The molecule has 1 amide bonds. The van der Waals surface area contributed by atoms with Crippen molar-refractivity contribution in [2.24, 2.45) is 10.8 Å². The summed E-state index contributed by atoms with van der Waals surface area (Å²) in [4.78, 5) is 39.6. The predicted molar refractivity (Wildman–Crippen MR) is 138 cm³/mol. The quantitative estimate of drug-likeness (QED) is 0.269. The number of carbonyl (C=O) groups is 3.